The summed E-state index contributed by atoms with van der Waals surface area (Å²) in [5.74, 6) is 1.38. The van der Waals surface area contributed by atoms with E-state index in [1.807, 2.05) is 6.07 Å². The van der Waals surface area contributed by atoms with Crippen LogP contribution in [0.2, 0.25) is 0 Å². The molecule has 1 saturated carbocycles. The molecule has 1 aromatic rings. The molecular formula is C12H18BrNO. The predicted octanol–water partition coefficient (Wildman–Crippen LogP) is 3.66. The summed E-state index contributed by atoms with van der Waals surface area (Å²) in [5, 5.41) is 0. The molecule has 2 unspecified atom stereocenters. The quantitative estimate of drug-likeness (QED) is 0.847. The average Bonchev–Trinajstić information content (AvgIpc) is 2.56. The summed E-state index contributed by atoms with van der Waals surface area (Å²) in [6, 6.07) is 2.18. The number of furan rings is 1. The van der Waals surface area contributed by atoms with Crippen molar-refractivity contribution in [2.75, 3.05) is 0 Å². The van der Waals surface area contributed by atoms with E-state index in [1.54, 1.807) is 6.26 Å². The lowest BCUT2D eigenvalue weighted by Gasteiger charge is -2.38. The van der Waals surface area contributed by atoms with E-state index in [0.717, 1.165) is 23.1 Å². The smallest absolute Gasteiger partial charge is 0.122 e. The van der Waals surface area contributed by atoms with Crippen molar-refractivity contribution in [3.05, 3.63) is 22.6 Å². The fraction of sp³-hybridized carbons (Fsp3) is 0.667. The molecule has 1 aliphatic carbocycles. The molecule has 84 valence electrons. The van der Waals surface area contributed by atoms with E-state index in [-0.39, 0.29) is 6.04 Å². The molecule has 0 radical (unpaired) electrons. The Hall–Kier alpha value is -0.280. The Morgan fingerprint density at radius 3 is 2.87 bits per heavy atom. The number of hydrogen-bond donors (Lipinski definition) is 1. The average molecular weight is 272 g/mol. The van der Waals surface area contributed by atoms with Crippen LogP contribution >= 0.6 is 15.9 Å². The van der Waals surface area contributed by atoms with Crippen molar-refractivity contribution in [2.45, 2.75) is 45.1 Å². The van der Waals surface area contributed by atoms with Gasteiger partial charge in [-0.2, -0.15) is 0 Å². The monoisotopic (exact) mass is 271 g/mol. The Balaban J connectivity index is 2.24. The molecule has 2 N–H and O–H groups in total. The van der Waals surface area contributed by atoms with Crippen molar-refractivity contribution in [1.29, 1.82) is 0 Å². The van der Waals surface area contributed by atoms with Crippen LogP contribution in [0.15, 0.2) is 21.2 Å². The second kappa shape index (κ2) is 3.95. The Kier molecular flexibility index (Phi) is 2.95. The van der Waals surface area contributed by atoms with E-state index in [4.69, 9.17) is 10.2 Å². The van der Waals surface area contributed by atoms with Gasteiger partial charge in [0.15, 0.2) is 0 Å². The first-order valence-corrected chi connectivity index (χ1v) is 6.27. The minimum Gasteiger partial charge on any atom is -0.468 e. The number of hydrogen-bond acceptors (Lipinski definition) is 2. The molecule has 2 atom stereocenters. The van der Waals surface area contributed by atoms with Crippen molar-refractivity contribution < 1.29 is 4.42 Å². The highest BCUT2D eigenvalue weighted by Crippen LogP contribution is 2.44. The van der Waals surface area contributed by atoms with Crippen molar-refractivity contribution in [3.8, 4) is 0 Å². The largest absolute Gasteiger partial charge is 0.468 e. The summed E-state index contributed by atoms with van der Waals surface area (Å²) in [6.07, 6.45) is 5.14. The van der Waals surface area contributed by atoms with Crippen LogP contribution in [0.4, 0.5) is 0 Å². The third-order valence-corrected chi connectivity index (χ3v) is 4.08. The standard InChI is InChI=1S/C12H18BrNO/c1-12(2)5-3-10(14)8(7-12)11-9(13)4-6-15-11/h4,6,8,10H,3,5,7,14H2,1-2H3. The van der Waals surface area contributed by atoms with Gasteiger partial charge in [0.2, 0.25) is 0 Å². The predicted molar refractivity (Wildman–Crippen MR) is 64.8 cm³/mol. The van der Waals surface area contributed by atoms with Gasteiger partial charge in [-0.15, -0.1) is 0 Å². The highest BCUT2D eigenvalue weighted by atomic mass is 79.9. The highest BCUT2D eigenvalue weighted by Gasteiger charge is 2.36. The fourth-order valence-electron chi connectivity index (χ4n) is 2.46. The zero-order valence-electron chi connectivity index (χ0n) is 9.29. The van der Waals surface area contributed by atoms with E-state index in [2.05, 4.69) is 29.8 Å². The van der Waals surface area contributed by atoms with E-state index in [9.17, 15) is 0 Å². The highest BCUT2D eigenvalue weighted by molar-refractivity contribution is 9.10. The van der Waals surface area contributed by atoms with Gasteiger partial charge < -0.3 is 10.2 Å². The van der Waals surface area contributed by atoms with E-state index < -0.39 is 0 Å². The van der Waals surface area contributed by atoms with Gasteiger partial charge in [-0.1, -0.05) is 13.8 Å². The maximum absolute atomic E-state index is 6.18. The molecular weight excluding hydrogens is 254 g/mol. The minimum atomic E-state index is 0.237. The lowest BCUT2D eigenvalue weighted by molar-refractivity contribution is 0.184. The van der Waals surface area contributed by atoms with Gasteiger partial charge in [-0.05, 0) is 46.7 Å². The van der Waals surface area contributed by atoms with Gasteiger partial charge in [-0.25, -0.2) is 0 Å². The first-order chi connectivity index (χ1) is 6.99. The summed E-state index contributed by atoms with van der Waals surface area (Å²) in [4.78, 5) is 0. The van der Waals surface area contributed by atoms with Crippen LogP contribution in [0.5, 0.6) is 0 Å². The molecule has 2 nitrogen and oxygen atoms in total. The number of halogens is 1. The number of nitrogens with two attached hydrogens (primary N) is 1. The molecule has 1 aromatic heterocycles. The summed E-state index contributed by atoms with van der Waals surface area (Å²) in [5.41, 5.74) is 6.56. The molecule has 0 saturated heterocycles. The van der Waals surface area contributed by atoms with Crippen LogP contribution in [0, 0.1) is 5.41 Å². The Labute approximate surface area is 99.3 Å². The summed E-state index contributed by atoms with van der Waals surface area (Å²) < 4.78 is 6.60. The number of rotatable bonds is 1. The van der Waals surface area contributed by atoms with E-state index >= 15 is 0 Å². The van der Waals surface area contributed by atoms with Crippen molar-refractivity contribution in [2.24, 2.45) is 11.1 Å². The fourth-order valence-corrected chi connectivity index (χ4v) is 2.96. The molecule has 0 bridgehead atoms. The summed E-state index contributed by atoms with van der Waals surface area (Å²) in [6.45, 7) is 4.62. The van der Waals surface area contributed by atoms with Crippen LogP contribution in [-0.2, 0) is 0 Å². The Morgan fingerprint density at radius 2 is 2.27 bits per heavy atom. The molecule has 2 rings (SSSR count). The van der Waals surface area contributed by atoms with Crippen LogP contribution in [-0.4, -0.2) is 6.04 Å². The molecule has 0 amide bonds. The molecule has 3 heteroatoms. The maximum Gasteiger partial charge on any atom is 0.122 e. The van der Waals surface area contributed by atoms with Gasteiger partial charge in [0, 0.05) is 12.0 Å². The van der Waals surface area contributed by atoms with Crippen molar-refractivity contribution >= 4 is 15.9 Å². The first-order valence-electron chi connectivity index (χ1n) is 5.48. The summed E-state index contributed by atoms with van der Waals surface area (Å²) >= 11 is 3.52. The van der Waals surface area contributed by atoms with E-state index in [1.165, 1.54) is 6.42 Å². The van der Waals surface area contributed by atoms with Crippen LogP contribution in [0.1, 0.15) is 44.8 Å². The van der Waals surface area contributed by atoms with Crippen LogP contribution in [0.25, 0.3) is 0 Å². The van der Waals surface area contributed by atoms with Gasteiger partial charge >= 0.3 is 0 Å². The molecule has 0 aliphatic heterocycles. The van der Waals surface area contributed by atoms with Gasteiger partial charge in [0.25, 0.3) is 0 Å². The molecule has 0 aromatic carbocycles. The lowest BCUT2D eigenvalue weighted by atomic mass is 9.69. The zero-order chi connectivity index (χ0) is 11.1. The zero-order valence-corrected chi connectivity index (χ0v) is 10.9. The Bertz CT molecular complexity index is 345. The summed E-state index contributed by atoms with van der Waals surface area (Å²) in [7, 11) is 0. The minimum absolute atomic E-state index is 0.237. The maximum atomic E-state index is 6.18. The van der Waals surface area contributed by atoms with E-state index in [0.29, 0.717) is 11.3 Å². The first kappa shape index (κ1) is 11.2. The van der Waals surface area contributed by atoms with Crippen molar-refractivity contribution in [1.82, 2.24) is 0 Å². The van der Waals surface area contributed by atoms with Crippen molar-refractivity contribution in [3.63, 3.8) is 0 Å². The van der Waals surface area contributed by atoms with Crippen LogP contribution in [0.3, 0.4) is 0 Å². The lowest BCUT2D eigenvalue weighted by Crippen LogP contribution is -2.37. The molecule has 1 fully saturated rings. The van der Waals surface area contributed by atoms with Gasteiger partial charge in [0.05, 0.1) is 10.7 Å². The van der Waals surface area contributed by atoms with Gasteiger partial charge in [0.1, 0.15) is 5.76 Å². The second-order valence-electron chi connectivity index (χ2n) is 5.31. The molecule has 1 aliphatic rings. The molecule has 0 spiro atoms. The third kappa shape index (κ3) is 2.28. The second-order valence-corrected chi connectivity index (χ2v) is 6.16. The van der Waals surface area contributed by atoms with Crippen LogP contribution < -0.4 is 5.73 Å². The molecule has 1 heterocycles. The normalized spacial score (nSPS) is 30.4. The topological polar surface area (TPSA) is 39.2 Å². The molecule has 15 heavy (non-hydrogen) atoms. The SMILES string of the molecule is CC1(C)CCC(N)C(c2occc2Br)C1. The Morgan fingerprint density at radius 1 is 1.53 bits per heavy atom. The van der Waals surface area contributed by atoms with Gasteiger partial charge in [-0.3, -0.25) is 0 Å². The third-order valence-electron chi connectivity index (χ3n) is 3.43.